The van der Waals surface area contributed by atoms with E-state index in [1.54, 1.807) is 6.92 Å². The lowest BCUT2D eigenvalue weighted by atomic mass is 10.5. The fraction of sp³-hybridized carbons (Fsp3) is 0.429. The smallest absolute Gasteiger partial charge is 0.253 e. The van der Waals surface area contributed by atoms with E-state index in [0.717, 1.165) is 9.80 Å². The van der Waals surface area contributed by atoms with Crippen LogP contribution in [-0.4, -0.2) is 66.0 Å². The predicted octanol–water partition coefficient (Wildman–Crippen LogP) is -0.784. The summed E-state index contributed by atoms with van der Waals surface area (Å²) in [7, 11) is 0. The minimum Gasteiger partial charge on any atom is -0.351 e. The second-order valence-electron chi connectivity index (χ2n) is 4.63. The molecule has 0 N–H and O–H groups in total. The van der Waals surface area contributed by atoms with Crippen molar-refractivity contribution in [2.45, 2.75) is 13.2 Å². The van der Waals surface area contributed by atoms with Gasteiger partial charge in [0.05, 0.1) is 26.3 Å². The SMILES string of the molecule is CC(OCCN1C(=O)C=CC1=O)OCCN1C(=O)C=CC1=O. The minimum atomic E-state index is -0.582. The van der Waals surface area contributed by atoms with Gasteiger partial charge < -0.3 is 9.47 Å². The zero-order valence-corrected chi connectivity index (χ0v) is 12.1. The van der Waals surface area contributed by atoms with Crippen molar-refractivity contribution in [3.05, 3.63) is 24.3 Å². The van der Waals surface area contributed by atoms with Gasteiger partial charge >= 0.3 is 0 Å². The number of nitrogens with zero attached hydrogens (tertiary/aromatic N) is 2. The fourth-order valence-corrected chi connectivity index (χ4v) is 1.97. The van der Waals surface area contributed by atoms with E-state index in [0.29, 0.717) is 0 Å². The average Bonchev–Trinajstić information content (AvgIpc) is 2.96. The number of hydrogen-bond acceptors (Lipinski definition) is 6. The quantitative estimate of drug-likeness (QED) is 0.431. The lowest BCUT2D eigenvalue weighted by molar-refractivity contribution is -0.151. The van der Waals surface area contributed by atoms with E-state index in [2.05, 4.69) is 0 Å². The summed E-state index contributed by atoms with van der Waals surface area (Å²) in [5, 5.41) is 0. The molecule has 0 saturated carbocycles. The Balaban J connectivity index is 1.59. The highest BCUT2D eigenvalue weighted by Gasteiger charge is 2.24. The van der Waals surface area contributed by atoms with Gasteiger partial charge in [-0.2, -0.15) is 0 Å². The molecule has 0 aromatic rings. The summed E-state index contributed by atoms with van der Waals surface area (Å²) < 4.78 is 10.6. The average molecular weight is 308 g/mol. The van der Waals surface area contributed by atoms with Crippen LogP contribution in [0.15, 0.2) is 24.3 Å². The number of hydrogen-bond donors (Lipinski definition) is 0. The summed E-state index contributed by atoms with van der Waals surface area (Å²) in [4.78, 5) is 47.3. The number of carbonyl (C=O) groups excluding carboxylic acids is 4. The Morgan fingerprint density at radius 3 is 1.41 bits per heavy atom. The van der Waals surface area contributed by atoms with Gasteiger partial charge in [-0.1, -0.05) is 0 Å². The molecule has 118 valence electrons. The van der Waals surface area contributed by atoms with Crippen LogP contribution in [-0.2, 0) is 28.7 Å². The molecule has 0 saturated heterocycles. The van der Waals surface area contributed by atoms with Crippen molar-refractivity contribution in [3.63, 3.8) is 0 Å². The molecule has 8 nitrogen and oxygen atoms in total. The minimum absolute atomic E-state index is 0.142. The Labute approximate surface area is 126 Å². The van der Waals surface area contributed by atoms with E-state index >= 15 is 0 Å². The molecule has 0 spiro atoms. The van der Waals surface area contributed by atoms with Crippen molar-refractivity contribution in [1.82, 2.24) is 9.80 Å². The van der Waals surface area contributed by atoms with E-state index < -0.39 is 6.29 Å². The first-order valence-corrected chi connectivity index (χ1v) is 6.79. The summed E-state index contributed by atoms with van der Waals surface area (Å²) in [6.07, 6.45) is 4.25. The molecule has 22 heavy (non-hydrogen) atoms. The molecule has 0 fully saturated rings. The molecule has 0 atom stereocenters. The van der Waals surface area contributed by atoms with Crippen LogP contribution in [0.3, 0.4) is 0 Å². The summed E-state index contributed by atoms with van der Waals surface area (Å²) in [6.45, 7) is 2.22. The maximum absolute atomic E-state index is 11.3. The van der Waals surface area contributed by atoms with Crippen LogP contribution in [0.25, 0.3) is 0 Å². The molecule has 2 aliphatic heterocycles. The van der Waals surface area contributed by atoms with Crippen LogP contribution in [0.5, 0.6) is 0 Å². The van der Waals surface area contributed by atoms with E-state index in [-0.39, 0.29) is 49.9 Å². The van der Waals surface area contributed by atoms with Crippen LogP contribution in [0.1, 0.15) is 6.92 Å². The highest BCUT2D eigenvalue weighted by atomic mass is 16.7. The van der Waals surface area contributed by atoms with Gasteiger partial charge in [-0.05, 0) is 6.92 Å². The molecular formula is C14H16N2O6. The molecule has 2 rings (SSSR count). The van der Waals surface area contributed by atoms with Gasteiger partial charge in [0.2, 0.25) is 0 Å². The Hall–Kier alpha value is -2.32. The third-order valence-corrected chi connectivity index (χ3v) is 3.14. The summed E-state index contributed by atoms with van der Waals surface area (Å²) in [5.41, 5.74) is 0. The topological polar surface area (TPSA) is 93.2 Å². The van der Waals surface area contributed by atoms with Gasteiger partial charge in [-0.25, -0.2) is 0 Å². The predicted molar refractivity (Wildman–Crippen MR) is 73.1 cm³/mol. The zero-order chi connectivity index (χ0) is 16.1. The molecule has 2 heterocycles. The summed E-state index contributed by atoms with van der Waals surface area (Å²) >= 11 is 0. The van der Waals surface area contributed by atoms with E-state index in [1.807, 2.05) is 0 Å². The maximum atomic E-state index is 11.3. The maximum Gasteiger partial charge on any atom is 0.253 e. The normalized spacial score (nSPS) is 17.7. The van der Waals surface area contributed by atoms with Crippen molar-refractivity contribution in [2.75, 3.05) is 26.3 Å². The van der Waals surface area contributed by atoms with Gasteiger partial charge in [0.15, 0.2) is 6.29 Å². The Kier molecular flexibility index (Phi) is 5.18. The number of amides is 4. The summed E-state index contributed by atoms with van der Waals surface area (Å²) in [5.74, 6) is -1.44. The van der Waals surface area contributed by atoms with E-state index in [4.69, 9.17) is 9.47 Å². The van der Waals surface area contributed by atoms with Crippen molar-refractivity contribution >= 4 is 23.6 Å². The third kappa shape index (κ3) is 3.86. The van der Waals surface area contributed by atoms with Gasteiger partial charge in [0.1, 0.15) is 0 Å². The van der Waals surface area contributed by atoms with E-state index in [9.17, 15) is 19.2 Å². The monoisotopic (exact) mass is 308 g/mol. The number of carbonyl (C=O) groups is 4. The lowest BCUT2D eigenvalue weighted by Crippen LogP contribution is -2.35. The van der Waals surface area contributed by atoms with Gasteiger partial charge in [-0.3, -0.25) is 29.0 Å². The molecule has 2 aliphatic rings. The molecule has 0 aromatic carbocycles. The molecule has 4 amide bonds. The first-order chi connectivity index (χ1) is 10.5. The molecule has 8 heteroatoms. The molecular weight excluding hydrogens is 292 g/mol. The van der Waals surface area contributed by atoms with Crippen molar-refractivity contribution < 1.29 is 28.7 Å². The van der Waals surface area contributed by atoms with Crippen LogP contribution in [0.2, 0.25) is 0 Å². The molecule has 0 radical (unpaired) electrons. The zero-order valence-electron chi connectivity index (χ0n) is 12.1. The lowest BCUT2D eigenvalue weighted by Gasteiger charge is -2.19. The molecule has 0 aromatic heterocycles. The first kappa shape index (κ1) is 16.1. The highest BCUT2D eigenvalue weighted by molar-refractivity contribution is 6.13. The Morgan fingerprint density at radius 2 is 1.09 bits per heavy atom. The van der Waals surface area contributed by atoms with Gasteiger partial charge in [-0.15, -0.1) is 0 Å². The molecule has 0 aliphatic carbocycles. The van der Waals surface area contributed by atoms with Gasteiger partial charge in [0, 0.05) is 24.3 Å². The van der Waals surface area contributed by atoms with Crippen LogP contribution in [0.4, 0.5) is 0 Å². The van der Waals surface area contributed by atoms with Crippen molar-refractivity contribution in [1.29, 1.82) is 0 Å². The largest absolute Gasteiger partial charge is 0.351 e. The van der Waals surface area contributed by atoms with Crippen molar-refractivity contribution in [3.8, 4) is 0 Å². The number of rotatable bonds is 8. The standard InChI is InChI=1S/C14H16N2O6/c1-10(21-8-6-15-11(17)2-3-12(15)18)22-9-7-16-13(19)4-5-14(16)20/h2-5,10H,6-9H2,1H3. The van der Waals surface area contributed by atoms with Crippen LogP contribution in [0, 0.1) is 0 Å². The molecule has 0 unspecified atom stereocenters. The van der Waals surface area contributed by atoms with Crippen LogP contribution < -0.4 is 0 Å². The van der Waals surface area contributed by atoms with Crippen LogP contribution >= 0.6 is 0 Å². The van der Waals surface area contributed by atoms with E-state index in [1.165, 1.54) is 24.3 Å². The molecule has 0 bridgehead atoms. The fourth-order valence-electron chi connectivity index (χ4n) is 1.97. The Bertz CT molecular complexity index is 470. The summed E-state index contributed by atoms with van der Waals surface area (Å²) in [6, 6.07) is 0. The highest BCUT2D eigenvalue weighted by Crippen LogP contribution is 2.05. The van der Waals surface area contributed by atoms with Gasteiger partial charge in [0.25, 0.3) is 23.6 Å². The Morgan fingerprint density at radius 1 is 0.773 bits per heavy atom. The number of imide groups is 2. The second kappa shape index (κ2) is 7.10. The number of ether oxygens (including phenoxy) is 2. The third-order valence-electron chi connectivity index (χ3n) is 3.14. The second-order valence-corrected chi connectivity index (χ2v) is 4.63. The first-order valence-electron chi connectivity index (χ1n) is 6.79. The van der Waals surface area contributed by atoms with Crippen molar-refractivity contribution in [2.24, 2.45) is 0 Å².